The molecule has 1 saturated carbocycles. The van der Waals surface area contributed by atoms with Crippen molar-refractivity contribution in [2.75, 3.05) is 11.4 Å². The van der Waals surface area contributed by atoms with Crippen LogP contribution in [0, 0.1) is 15.9 Å². The van der Waals surface area contributed by atoms with Gasteiger partial charge in [0.05, 0.1) is 11.0 Å². The lowest BCUT2D eigenvalue weighted by Crippen LogP contribution is -2.41. The monoisotopic (exact) mass is 281 g/mol. The Morgan fingerprint density at radius 1 is 1.35 bits per heavy atom. The van der Waals surface area contributed by atoms with E-state index in [0.29, 0.717) is 12.2 Å². The molecule has 1 aromatic carbocycles. The van der Waals surface area contributed by atoms with E-state index in [4.69, 9.17) is 5.73 Å². The molecule has 0 radical (unpaired) electrons. The third-order valence-electron chi connectivity index (χ3n) is 3.93. The van der Waals surface area contributed by atoms with Gasteiger partial charge < -0.3 is 10.6 Å². The number of rotatable bonds is 4. The Kier molecular flexibility index (Phi) is 4.54. The van der Waals surface area contributed by atoms with Crippen LogP contribution in [-0.4, -0.2) is 23.6 Å². The van der Waals surface area contributed by atoms with Crippen LogP contribution in [0.1, 0.15) is 32.6 Å². The van der Waals surface area contributed by atoms with Crippen LogP contribution in [-0.2, 0) is 0 Å². The minimum atomic E-state index is -0.569. The second-order valence-corrected chi connectivity index (χ2v) is 5.28. The molecule has 1 aromatic rings. The number of nitrogens with zero attached hydrogens (tertiary/aromatic N) is 2. The van der Waals surface area contributed by atoms with Crippen LogP contribution in [0.2, 0.25) is 0 Å². The van der Waals surface area contributed by atoms with E-state index in [9.17, 15) is 14.5 Å². The summed E-state index contributed by atoms with van der Waals surface area (Å²) in [5.74, 6) is -0.569. The molecule has 0 atom stereocenters. The molecule has 2 rings (SSSR count). The van der Waals surface area contributed by atoms with Crippen LogP contribution in [0.15, 0.2) is 18.2 Å². The smallest absolute Gasteiger partial charge is 0.274 e. The zero-order valence-electron chi connectivity index (χ0n) is 11.6. The van der Waals surface area contributed by atoms with Crippen molar-refractivity contribution in [3.8, 4) is 0 Å². The fourth-order valence-electron chi connectivity index (χ4n) is 2.90. The summed E-state index contributed by atoms with van der Waals surface area (Å²) in [7, 11) is 0. The minimum Gasteiger partial charge on any atom is -0.369 e. The van der Waals surface area contributed by atoms with Crippen molar-refractivity contribution < 1.29 is 9.31 Å². The summed E-state index contributed by atoms with van der Waals surface area (Å²) in [5.41, 5.74) is 6.28. The normalized spacial score (nSPS) is 22.6. The number of halogens is 1. The molecule has 0 aliphatic heterocycles. The molecular formula is C14H20FN3O2. The molecule has 5 nitrogen and oxygen atoms in total. The summed E-state index contributed by atoms with van der Waals surface area (Å²) < 4.78 is 13.6. The Bertz CT molecular complexity index is 487. The highest BCUT2D eigenvalue weighted by atomic mass is 19.1. The molecule has 110 valence electrons. The van der Waals surface area contributed by atoms with Crippen LogP contribution in [0.4, 0.5) is 15.8 Å². The van der Waals surface area contributed by atoms with Crippen LogP contribution >= 0.6 is 0 Å². The highest BCUT2D eigenvalue weighted by Gasteiger charge is 2.25. The van der Waals surface area contributed by atoms with Gasteiger partial charge in [0, 0.05) is 30.4 Å². The van der Waals surface area contributed by atoms with Crippen molar-refractivity contribution in [1.29, 1.82) is 0 Å². The lowest BCUT2D eigenvalue weighted by Gasteiger charge is -2.37. The second-order valence-electron chi connectivity index (χ2n) is 5.28. The number of benzene rings is 1. The van der Waals surface area contributed by atoms with Gasteiger partial charge >= 0.3 is 0 Å². The maximum absolute atomic E-state index is 13.6. The van der Waals surface area contributed by atoms with Gasteiger partial charge in [-0.3, -0.25) is 10.1 Å². The zero-order chi connectivity index (χ0) is 14.7. The second kappa shape index (κ2) is 6.17. The summed E-state index contributed by atoms with van der Waals surface area (Å²) in [5, 5.41) is 10.8. The molecule has 0 unspecified atom stereocenters. The van der Waals surface area contributed by atoms with Crippen LogP contribution in [0.3, 0.4) is 0 Å². The Labute approximate surface area is 117 Å². The van der Waals surface area contributed by atoms with Crippen molar-refractivity contribution in [2.45, 2.75) is 44.7 Å². The Balaban J connectivity index is 2.25. The number of nitrogens with two attached hydrogens (primary N) is 1. The molecule has 2 N–H and O–H groups in total. The quantitative estimate of drug-likeness (QED) is 0.680. The van der Waals surface area contributed by atoms with Crippen molar-refractivity contribution in [1.82, 2.24) is 0 Å². The molecule has 0 heterocycles. The van der Waals surface area contributed by atoms with Gasteiger partial charge in [-0.25, -0.2) is 4.39 Å². The summed E-state index contributed by atoms with van der Waals surface area (Å²) in [6.45, 7) is 2.67. The van der Waals surface area contributed by atoms with Gasteiger partial charge in [-0.1, -0.05) is 0 Å². The van der Waals surface area contributed by atoms with E-state index in [1.165, 1.54) is 12.1 Å². The summed E-state index contributed by atoms with van der Waals surface area (Å²) in [6.07, 6.45) is 3.77. The Morgan fingerprint density at radius 2 is 2.00 bits per heavy atom. The summed E-state index contributed by atoms with van der Waals surface area (Å²) >= 11 is 0. The van der Waals surface area contributed by atoms with E-state index in [0.717, 1.165) is 31.7 Å². The predicted octanol–water partition coefficient (Wildman–Crippen LogP) is 2.83. The summed E-state index contributed by atoms with van der Waals surface area (Å²) in [4.78, 5) is 12.3. The first-order valence-electron chi connectivity index (χ1n) is 6.98. The van der Waals surface area contributed by atoms with Crippen LogP contribution in [0.25, 0.3) is 0 Å². The number of anilines is 1. The Morgan fingerprint density at radius 3 is 2.55 bits per heavy atom. The van der Waals surface area contributed by atoms with Crippen LogP contribution < -0.4 is 10.6 Å². The third kappa shape index (κ3) is 3.25. The lowest BCUT2D eigenvalue weighted by molar-refractivity contribution is -0.385. The van der Waals surface area contributed by atoms with Crippen molar-refractivity contribution in [3.05, 3.63) is 34.1 Å². The lowest BCUT2D eigenvalue weighted by atomic mass is 9.90. The van der Waals surface area contributed by atoms with Gasteiger partial charge in [-0.15, -0.1) is 0 Å². The van der Waals surface area contributed by atoms with Gasteiger partial charge in [0.25, 0.3) is 5.69 Å². The molecule has 0 saturated heterocycles. The number of non-ortho nitro benzene ring substituents is 1. The molecule has 0 bridgehead atoms. The number of nitro groups is 1. The van der Waals surface area contributed by atoms with Gasteiger partial charge in [-0.05, 0) is 38.7 Å². The third-order valence-corrected chi connectivity index (χ3v) is 3.93. The first-order chi connectivity index (χ1) is 9.51. The molecule has 0 spiro atoms. The molecule has 6 heteroatoms. The van der Waals surface area contributed by atoms with Crippen LogP contribution in [0.5, 0.6) is 0 Å². The van der Waals surface area contributed by atoms with Gasteiger partial charge in [0.15, 0.2) is 0 Å². The average Bonchev–Trinajstić information content (AvgIpc) is 2.41. The molecule has 1 aliphatic rings. The number of nitro benzene ring substituents is 1. The largest absolute Gasteiger partial charge is 0.369 e. The van der Waals surface area contributed by atoms with Crippen molar-refractivity contribution in [3.63, 3.8) is 0 Å². The zero-order valence-corrected chi connectivity index (χ0v) is 11.6. The number of hydrogen-bond donors (Lipinski definition) is 1. The molecule has 20 heavy (non-hydrogen) atoms. The van der Waals surface area contributed by atoms with E-state index >= 15 is 0 Å². The first-order valence-corrected chi connectivity index (χ1v) is 6.98. The highest BCUT2D eigenvalue weighted by molar-refractivity contribution is 5.54. The van der Waals surface area contributed by atoms with Gasteiger partial charge in [0.1, 0.15) is 5.82 Å². The highest BCUT2D eigenvalue weighted by Crippen LogP contribution is 2.29. The fourth-order valence-corrected chi connectivity index (χ4v) is 2.90. The van der Waals surface area contributed by atoms with E-state index < -0.39 is 10.7 Å². The topological polar surface area (TPSA) is 72.4 Å². The predicted molar refractivity (Wildman–Crippen MR) is 76.3 cm³/mol. The van der Waals surface area contributed by atoms with E-state index in [1.54, 1.807) is 0 Å². The first kappa shape index (κ1) is 14.7. The molecule has 0 aromatic heterocycles. The van der Waals surface area contributed by atoms with E-state index in [-0.39, 0.29) is 17.8 Å². The fraction of sp³-hybridized carbons (Fsp3) is 0.571. The van der Waals surface area contributed by atoms with Crippen molar-refractivity contribution >= 4 is 11.4 Å². The molecular weight excluding hydrogens is 261 g/mol. The van der Waals surface area contributed by atoms with Gasteiger partial charge in [-0.2, -0.15) is 0 Å². The Hall–Kier alpha value is -1.69. The van der Waals surface area contributed by atoms with E-state index in [1.807, 2.05) is 11.8 Å². The van der Waals surface area contributed by atoms with E-state index in [2.05, 4.69) is 0 Å². The molecule has 1 aliphatic carbocycles. The SMILES string of the molecule is CCN(c1cc(F)cc([N+](=O)[O-])c1)C1CCC(N)CC1. The standard InChI is InChI=1S/C14H20FN3O2/c1-2-17(12-5-3-11(16)4-6-12)13-7-10(15)8-14(9-13)18(19)20/h7-9,11-12H,2-6,16H2,1H3. The summed E-state index contributed by atoms with van der Waals surface area (Å²) in [6, 6.07) is 4.29. The maximum Gasteiger partial charge on any atom is 0.274 e. The molecule has 1 fully saturated rings. The minimum absolute atomic E-state index is 0.203. The van der Waals surface area contributed by atoms with Gasteiger partial charge in [0.2, 0.25) is 0 Å². The molecule has 0 amide bonds. The number of hydrogen-bond acceptors (Lipinski definition) is 4. The maximum atomic E-state index is 13.6. The van der Waals surface area contributed by atoms with Crippen molar-refractivity contribution in [2.24, 2.45) is 5.73 Å². The average molecular weight is 281 g/mol.